The lowest BCUT2D eigenvalue weighted by Gasteiger charge is -2.36. The molecule has 26 heavy (non-hydrogen) atoms. The van der Waals surface area contributed by atoms with Crippen molar-refractivity contribution in [1.29, 1.82) is 0 Å². The molecule has 1 amide bonds. The first kappa shape index (κ1) is 18.1. The number of anilines is 2. The average Bonchev–Trinajstić information content (AvgIpc) is 2.68. The van der Waals surface area contributed by atoms with Crippen LogP contribution in [-0.4, -0.2) is 53.5 Å². The Morgan fingerprint density at radius 3 is 2.69 bits per heavy atom. The van der Waals surface area contributed by atoms with E-state index in [1.807, 2.05) is 11.0 Å². The highest BCUT2D eigenvalue weighted by atomic mass is 19.1. The minimum absolute atomic E-state index is 0.112. The van der Waals surface area contributed by atoms with E-state index in [0.29, 0.717) is 43.4 Å². The van der Waals surface area contributed by atoms with Crippen molar-refractivity contribution in [3.05, 3.63) is 48.2 Å². The number of benzene rings is 1. The van der Waals surface area contributed by atoms with E-state index in [0.717, 1.165) is 19.4 Å². The molecule has 7 heteroatoms. The molecule has 3 rings (SSSR count). The Balaban J connectivity index is 1.60. The molecule has 0 radical (unpaired) electrons. The van der Waals surface area contributed by atoms with Crippen LogP contribution >= 0.6 is 0 Å². The molecule has 1 aromatic heterocycles. The van der Waals surface area contributed by atoms with Gasteiger partial charge in [0, 0.05) is 38.8 Å². The van der Waals surface area contributed by atoms with Gasteiger partial charge in [0.05, 0.1) is 5.69 Å². The number of hydrogen-bond acceptors (Lipinski definition) is 5. The molecule has 1 fully saturated rings. The van der Waals surface area contributed by atoms with Crippen LogP contribution in [-0.2, 0) is 0 Å². The maximum absolute atomic E-state index is 13.9. The van der Waals surface area contributed by atoms with E-state index < -0.39 is 0 Å². The summed E-state index contributed by atoms with van der Waals surface area (Å²) < 4.78 is 13.9. The summed E-state index contributed by atoms with van der Waals surface area (Å²) in [6, 6.07) is 8.43. The van der Waals surface area contributed by atoms with Gasteiger partial charge in [0.25, 0.3) is 5.91 Å². The number of nitrogens with zero attached hydrogens (tertiary/aromatic N) is 4. The smallest absolute Gasteiger partial charge is 0.272 e. The van der Waals surface area contributed by atoms with Crippen LogP contribution < -0.4 is 10.2 Å². The fraction of sp³-hybridized carbons (Fsp3) is 0.421. The van der Waals surface area contributed by atoms with E-state index in [1.54, 1.807) is 23.1 Å². The summed E-state index contributed by atoms with van der Waals surface area (Å²) in [6.45, 7) is 5.21. The van der Waals surface area contributed by atoms with Crippen molar-refractivity contribution in [3.8, 4) is 0 Å². The second-order valence-electron chi connectivity index (χ2n) is 6.30. The molecule has 0 unspecified atom stereocenters. The Morgan fingerprint density at radius 1 is 1.19 bits per heavy atom. The zero-order valence-corrected chi connectivity index (χ0v) is 15.0. The normalized spacial score (nSPS) is 14.4. The van der Waals surface area contributed by atoms with Gasteiger partial charge in [0.1, 0.15) is 23.7 Å². The molecule has 0 saturated carbocycles. The van der Waals surface area contributed by atoms with Crippen molar-refractivity contribution in [2.75, 3.05) is 42.9 Å². The molecular formula is C19H24FN5O. The first-order chi connectivity index (χ1) is 12.7. The third-order valence-corrected chi connectivity index (χ3v) is 4.48. The first-order valence-electron chi connectivity index (χ1n) is 9.03. The van der Waals surface area contributed by atoms with Crippen molar-refractivity contribution < 1.29 is 9.18 Å². The highest BCUT2D eigenvalue weighted by Gasteiger charge is 2.24. The molecule has 0 spiro atoms. The average molecular weight is 357 g/mol. The summed E-state index contributed by atoms with van der Waals surface area (Å²) in [4.78, 5) is 24.7. The van der Waals surface area contributed by atoms with Gasteiger partial charge in [-0.2, -0.15) is 0 Å². The van der Waals surface area contributed by atoms with Gasteiger partial charge in [-0.25, -0.2) is 14.4 Å². The Kier molecular flexibility index (Phi) is 5.99. The molecule has 0 bridgehead atoms. The standard InChI is InChI=1S/C19H24FN5O/c1-2-3-8-21-18-13-16(22-14-23-18)19(26)25-11-9-24(10-12-25)17-7-5-4-6-15(17)20/h4-7,13-14H,2-3,8-12H2,1H3,(H,21,22,23). The third-order valence-electron chi connectivity index (χ3n) is 4.48. The minimum atomic E-state index is -0.231. The number of nitrogens with one attached hydrogen (secondary N) is 1. The van der Waals surface area contributed by atoms with Crippen molar-refractivity contribution >= 4 is 17.4 Å². The van der Waals surface area contributed by atoms with Crippen LogP contribution in [0.25, 0.3) is 0 Å². The van der Waals surface area contributed by atoms with Crippen molar-refractivity contribution in [2.24, 2.45) is 0 Å². The maximum atomic E-state index is 13.9. The molecule has 1 N–H and O–H groups in total. The number of carbonyl (C=O) groups excluding carboxylic acids is 1. The van der Waals surface area contributed by atoms with Gasteiger partial charge >= 0.3 is 0 Å². The molecule has 6 nitrogen and oxygen atoms in total. The summed E-state index contributed by atoms with van der Waals surface area (Å²) in [6.07, 6.45) is 3.55. The predicted octanol–water partition coefficient (Wildman–Crippen LogP) is 2.79. The lowest BCUT2D eigenvalue weighted by atomic mass is 10.2. The number of amides is 1. The molecule has 1 aliphatic heterocycles. The van der Waals surface area contributed by atoms with Crippen LogP contribution in [0.1, 0.15) is 30.3 Å². The fourth-order valence-corrected chi connectivity index (χ4v) is 2.98. The van der Waals surface area contributed by atoms with Crippen LogP contribution in [0.15, 0.2) is 36.7 Å². The quantitative estimate of drug-likeness (QED) is 0.806. The number of halogens is 1. The zero-order valence-electron chi connectivity index (χ0n) is 15.0. The highest BCUT2D eigenvalue weighted by Crippen LogP contribution is 2.20. The van der Waals surface area contributed by atoms with Crippen molar-refractivity contribution in [3.63, 3.8) is 0 Å². The highest BCUT2D eigenvalue weighted by molar-refractivity contribution is 5.93. The maximum Gasteiger partial charge on any atom is 0.272 e. The number of piperazine rings is 1. The van der Waals surface area contributed by atoms with Gasteiger partial charge in [-0.3, -0.25) is 4.79 Å². The zero-order chi connectivity index (χ0) is 18.4. The molecule has 1 aliphatic rings. The van der Waals surface area contributed by atoms with Crippen LogP contribution in [0.2, 0.25) is 0 Å². The number of unbranched alkanes of at least 4 members (excludes halogenated alkanes) is 1. The topological polar surface area (TPSA) is 61.4 Å². The van der Waals surface area contributed by atoms with E-state index in [9.17, 15) is 9.18 Å². The third kappa shape index (κ3) is 4.28. The number of hydrogen-bond donors (Lipinski definition) is 1. The lowest BCUT2D eigenvalue weighted by Crippen LogP contribution is -2.49. The largest absolute Gasteiger partial charge is 0.370 e. The lowest BCUT2D eigenvalue weighted by molar-refractivity contribution is 0.0740. The Morgan fingerprint density at radius 2 is 1.96 bits per heavy atom. The van der Waals surface area contributed by atoms with Crippen LogP contribution in [0.5, 0.6) is 0 Å². The van der Waals surface area contributed by atoms with E-state index in [-0.39, 0.29) is 11.7 Å². The molecular weight excluding hydrogens is 333 g/mol. The van der Waals surface area contributed by atoms with E-state index >= 15 is 0 Å². The predicted molar refractivity (Wildman–Crippen MR) is 99.9 cm³/mol. The SMILES string of the molecule is CCCCNc1cc(C(=O)N2CCN(c3ccccc3F)CC2)ncn1. The van der Waals surface area contributed by atoms with Gasteiger partial charge in [-0.05, 0) is 18.6 Å². The summed E-state index contributed by atoms with van der Waals surface area (Å²) in [5.41, 5.74) is 0.974. The van der Waals surface area contributed by atoms with Gasteiger partial charge in [0.15, 0.2) is 0 Å². The molecule has 1 aromatic carbocycles. The van der Waals surface area contributed by atoms with Gasteiger partial charge in [-0.1, -0.05) is 25.5 Å². The fourth-order valence-electron chi connectivity index (χ4n) is 2.98. The minimum Gasteiger partial charge on any atom is -0.370 e. The summed E-state index contributed by atoms with van der Waals surface area (Å²) in [5, 5.41) is 3.21. The second-order valence-corrected chi connectivity index (χ2v) is 6.30. The Labute approximate surface area is 153 Å². The molecule has 0 atom stereocenters. The number of para-hydroxylation sites is 1. The molecule has 0 aliphatic carbocycles. The van der Waals surface area contributed by atoms with Gasteiger partial charge in [0.2, 0.25) is 0 Å². The number of carbonyl (C=O) groups is 1. The van der Waals surface area contributed by atoms with E-state index in [2.05, 4.69) is 22.2 Å². The van der Waals surface area contributed by atoms with Gasteiger partial charge < -0.3 is 15.1 Å². The van der Waals surface area contributed by atoms with Gasteiger partial charge in [-0.15, -0.1) is 0 Å². The molecule has 2 aromatic rings. The monoisotopic (exact) mass is 357 g/mol. The summed E-state index contributed by atoms with van der Waals surface area (Å²) >= 11 is 0. The summed E-state index contributed by atoms with van der Waals surface area (Å²) in [7, 11) is 0. The molecule has 1 saturated heterocycles. The first-order valence-corrected chi connectivity index (χ1v) is 9.03. The molecule has 138 valence electrons. The van der Waals surface area contributed by atoms with Crippen LogP contribution in [0.4, 0.5) is 15.9 Å². The Hall–Kier alpha value is -2.70. The van der Waals surface area contributed by atoms with Crippen LogP contribution in [0, 0.1) is 5.82 Å². The van der Waals surface area contributed by atoms with Crippen molar-refractivity contribution in [2.45, 2.75) is 19.8 Å². The van der Waals surface area contributed by atoms with Crippen molar-refractivity contribution in [1.82, 2.24) is 14.9 Å². The second kappa shape index (κ2) is 8.60. The summed E-state index contributed by atoms with van der Waals surface area (Å²) in [5.74, 6) is 0.326. The van der Waals surface area contributed by atoms with E-state index in [4.69, 9.17) is 0 Å². The Bertz CT molecular complexity index is 746. The number of rotatable bonds is 6. The molecule has 2 heterocycles. The van der Waals surface area contributed by atoms with E-state index in [1.165, 1.54) is 12.4 Å². The number of aromatic nitrogens is 2. The van der Waals surface area contributed by atoms with Crippen LogP contribution in [0.3, 0.4) is 0 Å².